The standard InChI is InChI=1S/C24H35N5O4/c1-5-6-12-28-21(31)18(19(25)26)22(32)29(23(28)33)17-7-10-24(3,11-8-17)14-16-9-13-27(4)20(30)15(16)2/h9,13,17H,5-8,10-12,14,25-26H2,1-4H3. The van der Waals surface area contributed by atoms with Gasteiger partial charge in [0.1, 0.15) is 11.4 Å². The van der Waals surface area contributed by atoms with Gasteiger partial charge in [-0.2, -0.15) is 0 Å². The number of barbiturate groups is 1. The molecule has 9 heteroatoms. The summed E-state index contributed by atoms with van der Waals surface area (Å²) in [4.78, 5) is 53.5. The minimum Gasteiger partial charge on any atom is -0.385 e. The molecule has 2 heterocycles. The van der Waals surface area contributed by atoms with Crippen LogP contribution in [-0.2, 0) is 23.1 Å². The Morgan fingerprint density at radius 3 is 2.33 bits per heavy atom. The first kappa shape index (κ1) is 24.5. The Hall–Kier alpha value is -3.10. The number of unbranched alkanes of at least 4 members (excludes halogenated alkanes) is 1. The molecule has 1 aromatic heterocycles. The Morgan fingerprint density at radius 2 is 1.76 bits per heavy atom. The van der Waals surface area contributed by atoms with Crippen molar-refractivity contribution in [1.82, 2.24) is 14.4 Å². The number of nitrogens with zero attached hydrogens (tertiary/aromatic N) is 3. The number of carbonyl (C=O) groups is 3. The molecule has 3 rings (SSSR count). The number of aryl methyl sites for hydroxylation is 1. The SMILES string of the molecule is CCCCN1C(=O)C(=C(N)N)C(=O)N(C2CCC(C)(Cc3ccn(C)c(=O)c3C)CC2)C1=O. The quantitative estimate of drug-likeness (QED) is 0.495. The van der Waals surface area contributed by atoms with Crippen molar-refractivity contribution in [1.29, 1.82) is 0 Å². The predicted octanol–water partition coefficient (Wildman–Crippen LogP) is 1.91. The van der Waals surface area contributed by atoms with E-state index in [2.05, 4.69) is 6.92 Å². The molecule has 1 aliphatic carbocycles. The number of carbonyl (C=O) groups excluding carboxylic acids is 3. The van der Waals surface area contributed by atoms with Gasteiger partial charge in [0.2, 0.25) is 0 Å². The van der Waals surface area contributed by atoms with Crippen LogP contribution in [-0.4, -0.2) is 44.8 Å². The lowest BCUT2D eigenvalue weighted by Crippen LogP contribution is -2.61. The molecule has 0 bridgehead atoms. The highest BCUT2D eigenvalue weighted by molar-refractivity contribution is 6.29. The molecule has 1 aliphatic heterocycles. The average molecular weight is 458 g/mol. The monoisotopic (exact) mass is 457 g/mol. The van der Waals surface area contributed by atoms with E-state index in [4.69, 9.17) is 11.5 Å². The van der Waals surface area contributed by atoms with Gasteiger partial charge < -0.3 is 16.0 Å². The fourth-order valence-corrected chi connectivity index (χ4v) is 4.92. The summed E-state index contributed by atoms with van der Waals surface area (Å²) >= 11 is 0. The van der Waals surface area contributed by atoms with Crippen LogP contribution in [0, 0.1) is 12.3 Å². The van der Waals surface area contributed by atoms with Gasteiger partial charge in [-0.3, -0.25) is 24.2 Å². The van der Waals surface area contributed by atoms with E-state index < -0.39 is 17.8 Å². The molecule has 2 aliphatic rings. The van der Waals surface area contributed by atoms with Gasteiger partial charge >= 0.3 is 6.03 Å². The van der Waals surface area contributed by atoms with Crippen molar-refractivity contribution in [3.63, 3.8) is 0 Å². The van der Waals surface area contributed by atoms with E-state index in [1.807, 2.05) is 19.9 Å². The van der Waals surface area contributed by atoms with Crippen LogP contribution in [0.1, 0.15) is 63.5 Å². The Kier molecular flexibility index (Phi) is 7.00. The number of urea groups is 1. The smallest absolute Gasteiger partial charge is 0.334 e. The number of nitrogens with two attached hydrogens (primary N) is 2. The molecule has 0 unspecified atom stereocenters. The second kappa shape index (κ2) is 9.41. The number of hydrogen-bond acceptors (Lipinski definition) is 6. The molecule has 0 atom stereocenters. The van der Waals surface area contributed by atoms with Crippen LogP contribution in [0.5, 0.6) is 0 Å². The Labute approximate surface area is 194 Å². The minimum absolute atomic E-state index is 0.00447. The zero-order valence-corrected chi connectivity index (χ0v) is 20.0. The number of hydrogen-bond donors (Lipinski definition) is 2. The lowest BCUT2D eigenvalue weighted by molar-refractivity contribution is -0.138. The summed E-state index contributed by atoms with van der Waals surface area (Å²) in [5.74, 6) is -1.77. The highest BCUT2D eigenvalue weighted by Crippen LogP contribution is 2.41. The van der Waals surface area contributed by atoms with E-state index in [1.54, 1.807) is 17.8 Å². The van der Waals surface area contributed by atoms with Gasteiger partial charge in [-0.25, -0.2) is 4.79 Å². The number of imide groups is 2. The summed E-state index contributed by atoms with van der Waals surface area (Å²) in [5.41, 5.74) is 12.8. The molecule has 4 N–H and O–H groups in total. The molecule has 1 saturated heterocycles. The summed E-state index contributed by atoms with van der Waals surface area (Å²) in [6.07, 6.45) is 6.77. The number of rotatable bonds is 6. The molecular formula is C24H35N5O4. The van der Waals surface area contributed by atoms with E-state index in [1.165, 1.54) is 4.90 Å². The van der Waals surface area contributed by atoms with Crippen molar-refractivity contribution in [2.75, 3.05) is 6.54 Å². The predicted molar refractivity (Wildman–Crippen MR) is 125 cm³/mol. The van der Waals surface area contributed by atoms with E-state index >= 15 is 0 Å². The van der Waals surface area contributed by atoms with Gasteiger partial charge in [0.15, 0.2) is 0 Å². The Balaban J connectivity index is 1.79. The fraction of sp³-hybridized carbons (Fsp3) is 0.583. The number of pyridine rings is 1. The zero-order chi connectivity index (χ0) is 24.5. The van der Waals surface area contributed by atoms with Crippen molar-refractivity contribution in [2.45, 2.75) is 71.8 Å². The molecule has 0 aromatic carbocycles. The third kappa shape index (κ3) is 4.67. The second-order valence-electron chi connectivity index (χ2n) is 9.70. The molecule has 0 spiro atoms. The maximum Gasteiger partial charge on any atom is 0.334 e. The molecule has 1 saturated carbocycles. The molecule has 180 valence electrons. The lowest BCUT2D eigenvalue weighted by atomic mass is 9.70. The van der Waals surface area contributed by atoms with Crippen molar-refractivity contribution >= 4 is 17.8 Å². The maximum absolute atomic E-state index is 13.2. The largest absolute Gasteiger partial charge is 0.385 e. The third-order valence-corrected chi connectivity index (χ3v) is 7.12. The van der Waals surface area contributed by atoms with Crippen LogP contribution in [0.3, 0.4) is 0 Å². The van der Waals surface area contributed by atoms with Gasteiger partial charge in [0.05, 0.1) is 0 Å². The van der Waals surface area contributed by atoms with Gasteiger partial charge in [-0.1, -0.05) is 20.3 Å². The maximum atomic E-state index is 13.2. The summed E-state index contributed by atoms with van der Waals surface area (Å²) in [7, 11) is 1.74. The first-order valence-electron chi connectivity index (χ1n) is 11.6. The van der Waals surface area contributed by atoms with Crippen LogP contribution < -0.4 is 17.0 Å². The molecule has 9 nitrogen and oxygen atoms in total. The van der Waals surface area contributed by atoms with Crippen molar-refractivity contribution < 1.29 is 14.4 Å². The first-order valence-corrected chi connectivity index (χ1v) is 11.6. The highest BCUT2D eigenvalue weighted by atomic mass is 16.2. The number of amides is 4. The summed E-state index contributed by atoms with van der Waals surface area (Å²) < 4.78 is 1.57. The van der Waals surface area contributed by atoms with Gasteiger partial charge in [-0.15, -0.1) is 0 Å². The Morgan fingerprint density at radius 1 is 1.12 bits per heavy atom. The summed E-state index contributed by atoms with van der Waals surface area (Å²) in [5, 5.41) is 0. The highest BCUT2D eigenvalue weighted by Gasteiger charge is 2.47. The molecule has 4 amide bonds. The topological polar surface area (TPSA) is 132 Å². The molecule has 1 aromatic rings. The molecule has 2 fully saturated rings. The molecule has 33 heavy (non-hydrogen) atoms. The normalized spacial score (nSPS) is 23.9. The van der Waals surface area contributed by atoms with Gasteiger partial charge in [0, 0.05) is 31.4 Å². The van der Waals surface area contributed by atoms with Gasteiger partial charge in [0.25, 0.3) is 17.4 Å². The van der Waals surface area contributed by atoms with Crippen LogP contribution in [0.2, 0.25) is 0 Å². The van der Waals surface area contributed by atoms with Crippen molar-refractivity contribution in [3.05, 3.63) is 45.1 Å². The molecule has 0 radical (unpaired) electrons. The van der Waals surface area contributed by atoms with Crippen LogP contribution >= 0.6 is 0 Å². The second-order valence-corrected chi connectivity index (χ2v) is 9.70. The summed E-state index contributed by atoms with van der Waals surface area (Å²) in [6, 6.07) is 1.08. The van der Waals surface area contributed by atoms with Crippen LogP contribution in [0.15, 0.2) is 28.5 Å². The van der Waals surface area contributed by atoms with E-state index in [-0.39, 0.29) is 35.0 Å². The van der Waals surface area contributed by atoms with Gasteiger partial charge in [-0.05, 0) is 62.5 Å². The number of aromatic nitrogens is 1. The Bertz CT molecular complexity index is 1050. The van der Waals surface area contributed by atoms with Crippen molar-refractivity contribution in [2.24, 2.45) is 23.9 Å². The van der Waals surface area contributed by atoms with Crippen LogP contribution in [0.4, 0.5) is 4.79 Å². The third-order valence-electron chi connectivity index (χ3n) is 7.12. The first-order chi connectivity index (χ1) is 15.5. The lowest BCUT2D eigenvalue weighted by Gasteiger charge is -2.44. The summed E-state index contributed by atoms with van der Waals surface area (Å²) in [6.45, 7) is 6.22. The molecular weight excluding hydrogens is 422 g/mol. The fourth-order valence-electron chi connectivity index (χ4n) is 4.92. The van der Waals surface area contributed by atoms with E-state index in [9.17, 15) is 19.2 Å². The van der Waals surface area contributed by atoms with E-state index in [0.717, 1.165) is 41.7 Å². The zero-order valence-electron chi connectivity index (χ0n) is 20.0. The minimum atomic E-state index is -0.712. The van der Waals surface area contributed by atoms with Crippen LogP contribution in [0.25, 0.3) is 0 Å². The van der Waals surface area contributed by atoms with E-state index in [0.29, 0.717) is 19.3 Å². The van der Waals surface area contributed by atoms with Crippen molar-refractivity contribution in [3.8, 4) is 0 Å². The average Bonchev–Trinajstić information content (AvgIpc) is 2.75.